The molecule has 1 amide bonds. The van der Waals surface area contributed by atoms with Gasteiger partial charge in [0.25, 0.3) is 5.91 Å². The number of hydrogen-bond donors (Lipinski definition) is 2. The summed E-state index contributed by atoms with van der Waals surface area (Å²) in [6, 6.07) is 10.9. The predicted octanol–water partition coefficient (Wildman–Crippen LogP) is 5.29. The van der Waals surface area contributed by atoms with Crippen LogP contribution in [-0.4, -0.2) is 25.3 Å². The summed E-state index contributed by atoms with van der Waals surface area (Å²) in [6.45, 7) is 5.04. The van der Waals surface area contributed by atoms with E-state index in [1.165, 1.54) is 31.4 Å². The van der Waals surface area contributed by atoms with Crippen molar-refractivity contribution in [1.82, 2.24) is 10.4 Å². The van der Waals surface area contributed by atoms with Crippen molar-refractivity contribution < 1.29 is 23.1 Å². The molecule has 0 aliphatic carbocycles. The first-order valence-electron chi connectivity index (χ1n) is 9.66. The predicted molar refractivity (Wildman–Crippen MR) is 122 cm³/mol. The zero-order valence-corrected chi connectivity index (χ0v) is 19.4. The summed E-state index contributed by atoms with van der Waals surface area (Å²) in [4.78, 5) is 23.6. The maximum absolute atomic E-state index is 15.7. The Labute approximate surface area is 184 Å². The lowest BCUT2D eigenvalue weighted by molar-refractivity contribution is -0.108. The van der Waals surface area contributed by atoms with Gasteiger partial charge in [0.05, 0.1) is 10.9 Å². The number of fused-ring (bicyclic) bond motifs is 1. The molecule has 0 spiro atoms. The fraction of sp³-hybridized carbons (Fsp3) is 0.273. The second-order valence-corrected chi connectivity index (χ2v) is 10.5. The fourth-order valence-corrected chi connectivity index (χ4v) is 6.18. The second-order valence-electron chi connectivity index (χ2n) is 7.29. The molecule has 31 heavy (non-hydrogen) atoms. The molecule has 0 bridgehead atoms. The first kappa shape index (κ1) is 23.1. The third-order valence-corrected chi connectivity index (χ3v) is 8.02. The van der Waals surface area contributed by atoms with Gasteiger partial charge in [0, 0.05) is 11.7 Å². The summed E-state index contributed by atoms with van der Waals surface area (Å²) in [6.07, 6.45) is 0.547. The summed E-state index contributed by atoms with van der Waals surface area (Å²) >= 11 is 1.28. The van der Waals surface area contributed by atoms with Crippen LogP contribution in [0.1, 0.15) is 39.2 Å². The molecule has 0 aliphatic heterocycles. The van der Waals surface area contributed by atoms with Crippen LogP contribution in [0.5, 0.6) is 5.75 Å². The molecular weight excluding hydrogens is 438 g/mol. The fourth-order valence-electron chi connectivity index (χ4n) is 3.17. The molecule has 3 aromatic rings. The number of hydrogen-bond acceptors (Lipinski definition) is 5. The Morgan fingerprint density at radius 3 is 2.48 bits per heavy atom. The molecule has 0 aliphatic rings. The number of carbonyl (C=O) groups is 2. The zero-order valence-electron chi connectivity index (χ0n) is 17.6. The maximum atomic E-state index is 15.7. The van der Waals surface area contributed by atoms with E-state index in [2.05, 4.69) is 10.4 Å². The largest absolute Gasteiger partial charge is 0.430 e. The van der Waals surface area contributed by atoms with E-state index < -0.39 is 19.5 Å². The van der Waals surface area contributed by atoms with E-state index in [1.54, 1.807) is 44.2 Å². The molecule has 3 rings (SSSR count). The number of benzene rings is 2. The Bertz CT molecular complexity index is 1160. The third-order valence-electron chi connectivity index (χ3n) is 4.79. The second kappa shape index (κ2) is 9.30. The first-order valence-corrected chi connectivity index (χ1v) is 12.2. The number of rotatable bonds is 8. The van der Waals surface area contributed by atoms with Crippen molar-refractivity contribution in [3.8, 4) is 5.75 Å². The van der Waals surface area contributed by atoms with Gasteiger partial charge < -0.3 is 14.6 Å². The third kappa shape index (κ3) is 4.87. The average molecular weight is 462 g/mol. The standard InChI is InChI=1S/C22H24FN2O4PS/c1-13-6-5-7-14(2)20(13)29-30(28,25-15(3)12-26)21(23)16-8-9-18-17(10-16)11-19(31-18)22(27)24-4/h5-12,15,21H,1-4H3,(H,24,27)(H,25,28). The highest BCUT2D eigenvalue weighted by Crippen LogP contribution is 2.58. The number of thiophene rings is 1. The van der Waals surface area contributed by atoms with Crippen LogP contribution in [0.15, 0.2) is 42.5 Å². The van der Waals surface area contributed by atoms with E-state index >= 15 is 4.39 Å². The number of amides is 1. The van der Waals surface area contributed by atoms with Crippen molar-refractivity contribution >= 4 is 41.1 Å². The van der Waals surface area contributed by atoms with E-state index in [0.29, 0.717) is 33.4 Å². The van der Waals surface area contributed by atoms with Gasteiger partial charge in [-0.15, -0.1) is 11.3 Å². The van der Waals surface area contributed by atoms with Crippen molar-refractivity contribution in [2.45, 2.75) is 32.7 Å². The van der Waals surface area contributed by atoms with Crippen molar-refractivity contribution in [1.29, 1.82) is 0 Å². The van der Waals surface area contributed by atoms with E-state index in [9.17, 15) is 14.2 Å². The van der Waals surface area contributed by atoms with Crippen LogP contribution in [-0.2, 0) is 9.36 Å². The van der Waals surface area contributed by atoms with Crippen LogP contribution < -0.4 is 14.9 Å². The number of halogens is 1. The quantitative estimate of drug-likeness (QED) is 0.351. The summed E-state index contributed by atoms with van der Waals surface area (Å²) in [5.41, 5.74) is 1.54. The van der Waals surface area contributed by atoms with Gasteiger partial charge in [0.2, 0.25) is 5.91 Å². The lowest BCUT2D eigenvalue weighted by Crippen LogP contribution is -2.28. The lowest BCUT2D eigenvalue weighted by Gasteiger charge is -2.26. The van der Waals surface area contributed by atoms with Gasteiger partial charge in [0.1, 0.15) is 12.0 Å². The summed E-state index contributed by atoms with van der Waals surface area (Å²) < 4.78 is 36.0. The van der Waals surface area contributed by atoms with Crippen LogP contribution in [0.3, 0.4) is 0 Å². The molecule has 0 saturated carbocycles. The SMILES string of the molecule is CNC(=O)c1cc2cc(C(F)P(=O)(NC(C)C=O)Oc3c(C)cccc3C)ccc2s1. The summed E-state index contributed by atoms with van der Waals surface area (Å²) in [5.74, 6) is -1.94. The van der Waals surface area contributed by atoms with Crippen molar-refractivity contribution in [2.24, 2.45) is 0 Å². The van der Waals surface area contributed by atoms with Crippen molar-refractivity contribution in [3.63, 3.8) is 0 Å². The van der Waals surface area contributed by atoms with E-state index in [0.717, 1.165) is 4.70 Å². The molecule has 9 heteroatoms. The highest BCUT2D eigenvalue weighted by Gasteiger charge is 2.39. The maximum Gasteiger partial charge on any atom is 0.355 e. The highest BCUT2D eigenvalue weighted by molar-refractivity contribution is 7.57. The van der Waals surface area contributed by atoms with Gasteiger partial charge in [0.15, 0.2) is 0 Å². The van der Waals surface area contributed by atoms with Gasteiger partial charge in [-0.2, -0.15) is 0 Å². The van der Waals surface area contributed by atoms with Crippen LogP contribution in [0, 0.1) is 13.8 Å². The molecular formula is C22H24FN2O4PS. The van der Waals surface area contributed by atoms with Crippen molar-refractivity contribution in [2.75, 3.05) is 7.05 Å². The summed E-state index contributed by atoms with van der Waals surface area (Å²) in [7, 11) is -2.66. The van der Waals surface area contributed by atoms with Gasteiger partial charge in [-0.05, 0) is 61.0 Å². The van der Waals surface area contributed by atoms with Crippen LogP contribution in [0.25, 0.3) is 10.1 Å². The van der Waals surface area contributed by atoms with Gasteiger partial charge in [-0.3, -0.25) is 9.36 Å². The molecule has 2 N–H and O–H groups in total. The lowest BCUT2D eigenvalue weighted by atomic mass is 10.1. The van der Waals surface area contributed by atoms with Crippen molar-refractivity contribution in [3.05, 3.63) is 64.0 Å². The Balaban J connectivity index is 2.03. The molecule has 2 aromatic carbocycles. The minimum Gasteiger partial charge on any atom is -0.430 e. The average Bonchev–Trinajstić information content (AvgIpc) is 3.18. The van der Waals surface area contributed by atoms with E-state index in [1.807, 2.05) is 6.07 Å². The smallest absolute Gasteiger partial charge is 0.355 e. The van der Waals surface area contributed by atoms with E-state index in [-0.39, 0.29) is 11.5 Å². The Morgan fingerprint density at radius 2 is 1.87 bits per heavy atom. The molecule has 6 nitrogen and oxygen atoms in total. The Kier molecular flexibility index (Phi) is 6.94. The topological polar surface area (TPSA) is 84.5 Å². The normalized spacial score (nSPS) is 15.1. The minimum atomic E-state index is -4.20. The first-order chi connectivity index (χ1) is 14.7. The molecule has 3 unspecified atom stereocenters. The van der Waals surface area contributed by atoms with Crippen LogP contribution >= 0.6 is 18.9 Å². The number of alkyl halides is 1. The zero-order chi connectivity index (χ0) is 22.8. The monoisotopic (exact) mass is 462 g/mol. The van der Waals surface area contributed by atoms with Gasteiger partial charge in [-0.1, -0.05) is 24.3 Å². The number of aldehydes is 1. The molecule has 164 valence electrons. The van der Waals surface area contributed by atoms with Crippen LogP contribution in [0.2, 0.25) is 0 Å². The molecule has 0 saturated heterocycles. The summed E-state index contributed by atoms with van der Waals surface area (Å²) in [5, 5.41) is 5.77. The molecule has 3 atom stereocenters. The van der Waals surface area contributed by atoms with E-state index in [4.69, 9.17) is 4.52 Å². The molecule has 0 radical (unpaired) electrons. The molecule has 1 heterocycles. The minimum absolute atomic E-state index is 0.133. The van der Waals surface area contributed by atoms with Crippen LogP contribution in [0.4, 0.5) is 4.39 Å². The number of carbonyl (C=O) groups excluding carboxylic acids is 2. The number of para-hydroxylation sites is 1. The Morgan fingerprint density at radius 1 is 1.19 bits per heavy atom. The van der Waals surface area contributed by atoms with Gasteiger partial charge in [-0.25, -0.2) is 9.48 Å². The highest BCUT2D eigenvalue weighted by atomic mass is 32.1. The number of nitrogens with one attached hydrogen (secondary N) is 2. The number of aryl methyl sites for hydroxylation is 2. The molecule has 1 aromatic heterocycles. The molecule has 0 fully saturated rings. The Hall–Kier alpha value is -2.54. The van der Waals surface area contributed by atoms with Gasteiger partial charge >= 0.3 is 7.52 Å².